The van der Waals surface area contributed by atoms with Gasteiger partial charge in [0, 0.05) is 12.7 Å². The van der Waals surface area contributed by atoms with Gasteiger partial charge in [0.1, 0.15) is 30.2 Å². The fourth-order valence-corrected chi connectivity index (χ4v) is 4.12. The number of ether oxygens (including phenoxy) is 1. The van der Waals surface area contributed by atoms with Crippen molar-refractivity contribution in [2.45, 2.75) is 39.2 Å². The molecule has 1 fully saturated rings. The predicted octanol–water partition coefficient (Wildman–Crippen LogP) is 2.29. The number of nitrogens with one attached hydrogen (secondary N) is 1. The Labute approximate surface area is 178 Å². The van der Waals surface area contributed by atoms with E-state index in [4.69, 9.17) is 10.5 Å². The van der Waals surface area contributed by atoms with Crippen LogP contribution < -0.4 is 15.2 Å². The summed E-state index contributed by atoms with van der Waals surface area (Å²) in [6.07, 6.45) is 5.75. The molecule has 30 heavy (non-hydrogen) atoms. The van der Waals surface area contributed by atoms with Gasteiger partial charge in [-0.2, -0.15) is 4.40 Å². The van der Waals surface area contributed by atoms with E-state index in [9.17, 15) is 9.00 Å². The summed E-state index contributed by atoms with van der Waals surface area (Å²) in [6, 6.07) is 6.90. The maximum absolute atomic E-state index is 12.8. The van der Waals surface area contributed by atoms with E-state index in [1.165, 1.54) is 6.33 Å². The van der Waals surface area contributed by atoms with Crippen molar-refractivity contribution in [1.29, 1.82) is 0 Å². The summed E-state index contributed by atoms with van der Waals surface area (Å²) in [7, 11) is 0. The lowest BCUT2D eigenvalue weighted by atomic mass is 10.0. The largest absolute Gasteiger partial charge is 0.491 e. The predicted molar refractivity (Wildman–Crippen MR) is 116 cm³/mol. The Kier molecular flexibility index (Phi) is 7.34. The number of likely N-dealkylation sites (tertiary alicyclic amines) is 1. The Bertz CT molecular complexity index is 937. The average molecular weight is 431 g/mol. The van der Waals surface area contributed by atoms with Gasteiger partial charge in [0.2, 0.25) is 11.2 Å². The molecule has 1 aromatic heterocycles. The highest BCUT2D eigenvalue weighted by Crippen LogP contribution is 2.30. The number of carbonyl (C=O) groups is 1. The van der Waals surface area contributed by atoms with E-state index in [1.807, 2.05) is 18.7 Å². The highest BCUT2D eigenvalue weighted by molar-refractivity contribution is 7.85. The Morgan fingerprint density at radius 3 is 2.93 bits per heavy atom. The molecule has 2 aromatic rings. The number of fused-ring (bicyclic) bond motifs is 1. The number of amides is 1. The molecule has 0 aliphatic carbocycles. The molecule has 2 atom stereocenters. The first-order chi connectivity index (χ1) is 14.6. The van der Waals surface area contributed by atoms with Crippen LogP contribution in [0.25, 0.3) is 0 Å². The lowest BCUT2D eigenvalue weighted by molar-refractivity contribution is 0.0522. The monoisotopic (exact) mass is 430 g/mol. The van der Waals surface area contributed by atoms with Crippen molar-refractivity contribution in [3.8, 4) is 5.75 Å². The first-order valence-electron chi connectivity index (χ1n) is 9.99. The number of carbonyl (C=O) groups excluding carboxylic acids is 1. The van der Waals surface area contributed by atoms with Crippen LogP contribution in [0.5, 0.6) is 5.75 Å². The molecule has 160 valence electrons. The smallest absolute Gasteiger partial charge is 0.272 e. The Hall–Kier alpha value is -3.01. The zero-order valence-electron chi connectivity index (χ0n) is 17.1. The summed E-state index contributed by atoms with van der Waals surface area (Å²) < 4.78 is 24.3. The fraction of sp³-hybridized carbons (Fsp3) is 0.400. The summed E-state index contributed by atoms with van der Waals surface area (Å²) in [5.41, 5.74) is 7.53. The lowest BCUT2D eigenvalue weighted by Crippen LogP contribution is -2.47. The van der Waals surface area contributed by atoms with E-state index in [0.29, 0.717) is 35.8 Å². The zero-order valence-corrected chi connectivity index (χ0v) is 17.9. The minimum Gasteiger partial charge on any atom is -0.491 e. The molecule has 3 N–H and O–H groups in total. The molecule has 0 bridgehead atoms. The molecule has 2 unspecified atom stereocenters. The number of anilines is 1. The Morgan fingerprint density at radius 2 is 2.17 bits per heavy atom. The number of piperidine rings is 1. The number of aromatic nitrogens is 2. The topological polar surface area (TPSA) is 123 Å². The highest BCUT2D eigenvalue weighted by atomic mass is 32.2. The van der Waals surface area contributed by atoms with Crippen molar-refractivity contribution in [2.75, 3.05) is 17.9 Å². The fourth-order valence-electron chi connectivity index (χ4n) is 3.44. The van der Waals surface area contributed by atoms with Crippen molar-refractivity contribution >= 4 is 28.6 Å². The van der Waals surface area contributed by atoms with E-state index >= 15 is 0 Å². The first-order valence-corrected chi connectivity index (χ1v) is 11.1. The molecule has 3 heterocycles. The van der Waals surface area contributed by atoms with Crippen molar-refractivity contribution < 1.29 is 13.7 Å². The zero-order chi connectivity index (χ0) is 21.5. The van der Waals surface area contributed by atoms with Crippen molar-refractivity contribution in [1.82, 2.24) is 14.9 Å². The van der Waals surface area contributed by atoms with Gasteiger partial charge in [0.15, 0.2) is 0 Å². The second kappa shape index (κ2) is 10.1. The van der Waals surface area contributed by atoms with Crippen LogP contribution in [0.2, 0.25) is 0 Å². The van der Waals surface area contributed by atoms with Gasteiger partial charge in [0.05, 0.1) is 17.3 Å². The van der Waals surface area contributed by atoms with E-state index in [2.05, 4.69) is 19.1 Å². The third kappa shape index (κ3) is 4.76. The molecule has 9 nitrogen and oxygen atoms in total. The van der Waals surface area contributed by atoms with Crippen molar-refractivity contribution in [2.24, 2.45) is 10.1 Å². The molecule has 2 aliphatic heterocycles. The molecule has 1 aromatic carbocycles. The summed E-state index contributed by atoms with van der Waals surface area (Å²) >= 11 is -1.59. The molecule has 0 radical (unpaired) electrons. The van der Waals surface area contributed by atoms with Gasteiger partial charge in [-0.15, -0.1) is 0 Å². The molecule has 1 amide bonds. The summed E-state index contributed by atoms with van der Waals surface area (Å²) in [4.78, 5) is 22.6. The number of nitrogens with two attached hydrogens (primary N) is 1. The third-order valence-electron chi connectivity index (χ3n) is 4.78. The summed E-state index contributed by atoms with van der Waals surface area (Å²) in [5, 5.41) is 0. The quantitative estimate of drug-likeness (QED) is 0.767. The van der Waals surface area contributed by atoms with Gasteiger partial charge in [-0.25, -0.2) is 14.2 Å². The third-order valence-corrected chi connectivity index (χ3v) is 5.54. The van der Waals surface area contributed by atoms with Crippen molar-refractivity contribution in [3.63, 3.8) is 0 Å². The minimum absolute atomic E-state index is 0.0732. The van der Waals surface area contributed by atoms with Gasteiger partial charge in [-0.1, -0.05) is 19.9 Å². The SMILES string of the molecule is CC.NC1=NS(=O)Nc2cccc(OCC3CCCCN3C(=O)c3ccncn3)c21. The minimum atomic E-state index is -1.59. The van der Waals surface area contributed by atoms with Gasteiger partial charge < -0.3 is 15.4 Å². The van der Waals surface area contributed by atoms with Crippen LogP contribution in [-0.2, 0) is 11.2 Å². The molecule has 2 aliphatic rings. The van der Waals surface area contributed by atoms with Crippen LogP contribution in [-0.4, -0.2) is 50.0 Å². The van der Waals surface area contributed by atoms with E-state index in [0.717, 1.165) is 19.3 Å². The molecular formula is C20H26N6O3S. The van der Waals surface area contributed by atoms with E-state index in [1.54, 1.807) is 30.5 Å². The molecule has 1 saturated heterocycles. The Balaban J connectivity index is 0.00000124. The maximum Gasteiger partial charge on any atom is 0.272 e. The van der Waals surface area contributed by atoms with Crippen LogP contribution in [0, 0.1) is 0 Å². The van der Waals surface area contributed by atoms with Crippen LogP contribution in [0.3, 0.4) is 0 Å². The molecule has 0 saturated carbocycles. The number of rotatable bonds is 4. The number of benzene rings is 1. The van der Waals surface area contributed by atoms with E-state index in [-0.39, 0.29) is 17.8 Å². The van der Waals surface area contributed by atoms with Crippen LogP contribution in [0.15, 0.2) is 41.2 Å². The maximum atomic E-state index is 12.8. The molecule has 4 rings (SSSR count). The highest BCUT2D eigenvalue weighted by Gasteiger charge is 2.29. The molecular weight excluding hydrogens is 404 g/mol. The second-order valence-corrected chi connectivity index (χ2v) is 7.45. The molecule has 10 heteroatoms. The number of hydrogen-bond donors (Lipinski definition) is 2. The summed E-state index contributed by atoms with van der Waals surface area (Å²) in [5.74, 6) is 0.590. The summed E-state index contributed by atoms with van der Waals surface area (Å²) in [6.45, 7) is 4.98. The number of hydrogen-bond acceptors (Lipinski definition) is 6. The number of amidine groups is 1. The van der Waals surface area contributed by atoms with Crippen LogP contribution in [0.4, 0.5) is 5.69 Å². The van der Waals surface area contributed by atoms with Gasteiger partial charge in [-0.3, -0.25) is 9.52 Å². The Morgan fingerprint density at radius 1 is 1.33 bits per heavy atom. The van der Waals surface area contributed by atoms with Gasteiger partial charge >= 0.3 is 0 Å². The number of nitrogens with zero attached hydrogens (tertiary/aromatic N) is 4. The van der Waals surface area contributed by atoms with Gasteiger partial charge in [0.25, 0.3) is 5.91 Å². The van der Waals surface area contributed by atoms with Gasteiger partial charge in [-0.05, 0) is 37.5 Å². The second-order valence-electron chi connectivity index (χ2n) is 6.56. The average Bonchev–Trinajstić information content (AvgIpc) is 2.79. The van der Waals surface area contributed by atoms with Crippen molar-refractivity contribution in [3.05, 3.63) is 48.0 Å². The lowest BCUT2D eigenvalue weighted by Gasteiger charge is -2.35. The van der Waals surface area contributed by atoms with Crippen LogP contribution >= 0.6 is 0 Å². The first kappa shape index (κ1) is 21.7. The molecule has 0 spiro atoms. The van der Waals surface area contributed by atoms with E-state index < -0.39 is 11.2 Å². The standard InChI is InChI=1S/C18H20N6O3S.C2H6/c19-17-16-13(22-28(26)23-17)5-3-6-15(16)27-10-12-4-1-2-9-24(12)18(25)14-7-8-20-11-21-14;1-2/h3,5-8,11-12,22H,1-2,4,9-10H2,(H2,19,23);1-2H3. The van der Waals surface area contributed by atoms with Crippen LogP contribution in [0.1, 0.15) is 49.2 Å². The normalized spacial score (nSPS) is 20.1.